The zero-order valence-corrected chi connectivity index (χ0v) is 10.9. The van der Waals surface area contributed by atoms with E-state index in [1.54, 1.807) is 6.07 Å². The molecule has 18 heavy (non-hydrogen) atoms. The molecule has 1 aliphatic carbocycles. The normalized spacial score (nSPS) is 22.5. The third-order valence-electron chi connectivity index (χ3n) is 3.84. The van der Waals surface area contributed by atoms with Gasteiger partial charge in [0.15, 0.2) is 0 Å². The van der Waals surface area contributed by atoms with Gasteiger partial charge in [-0.25, -0.2) is 0 Å². The van der Waals surface area contributed by atoms with Crippen LogP contribution in [0.1, 0.15) is 37.3 Å². The molecule has 1 aliphatic rings. The molecule has 1 fully saturated rings. The first-order chi connectivity index (χ1) is 8.63. The third-order valence-corrected chi connectivity index (χ3v) is 3.84. The number of hydrogen-bond acceptors (Lipinski definition) is 2. The van der Waals surface area contributed by atoms with E-state index in [0.29, 0.717) is 17.2 Å². The van der Waals surface area contributed by atoms with Gasteiger partial charge in [0.1, 0.15) is 6.07 Å². The molecule has 0 spiro atoms. The van der Waals surface area contributed by atoms with Crippen molar-refractivity contribution in [2.24, 2.45) is 11.8 Å². The van der Waals surface area contributed by atoms with E-state index in [0.717, 1.165) is 24.8 Å². The first-order valence-corrected chi connectivity index (χ1v) is 6.44. The zero-order valence-electron chi connectivity index (χ0n) is 10.9. The first-order valence-electron chi connectivity index (χ1n) is 6.44. The molecule has 3 heteroatoms. The number of carbonyl (C=O) groups is 1. The predicted molar refractivity (Wildman–Crippen MR) is 71.0 cm³/mol. The molecule has 2 atom stereocenters. The highest BCUT2D eigenvalue weighted by molar-refractivity contribution is 5.94. The fraction of sp³-hybridized carbons (Fsp3) is 0.467. The van der Waals surface area contributed by atoms with E-state index in [9.17, 15) is 4.79 Å². The Morgan fingerprint density at radius 2 is 2.22 bits per heavy atom. The van der Waals surface area contributed by atoms with Crippen LogP contribution in [-0.4, -0.2) is 5.91 Å². The lowest BCUT2D eigenvalue weighted by molar-refractivity contribution is -0.120. The minimum Gasteiger partial charge on any atom is -0.325 e. The van der Waals surface area contributed by atoms with E-state index in [1.165, 1.54) is 0 Å². The summed E-state index contributed by atoms with van der Waals surface area (Å²) >= 11 is 0. The van der Waals surface area contributed by atoms with Crippen molar-refractivity contribution in [2.45, 2.75) is 33.1 Å². The Morgan fingerprint density at radius 3 is 2.83 bits per heavy atom. The molecule has 1 aromatic rings. The molecule has 1 aromatic carbocycles. The van der Waals surface area contributed by atoms with E-state index in [2.05, 4.69) is 18.3 Å². The molecule has 2 rings (SSSR count). The zero-order chi connectivity index (χ0) is 13.1. The van der Waals surface area contributed by atoms with Crippen molar-refractivity contribution < 1.29 is 4.79 Å². The van der Waals surface area contributed by atoms with Crippen molar-refractivity contribution in [1.29, 1.82) is 5.26 Å². The maximum absolute atomic E-state index is 12.2. The summed E-state index contributed by atoms with van der Waals surface area (Å²) in [5.41, 5.74) is 2.10. The average Bonchev–Trinajstić information content (AvgIpc) is 2.76. The van der Waals surface area contributed by atoms with Crippen LogP contribution in [0.25, 0.3) is 0 Å². The number of hydrogen-bond donors (Lipinski definition) is 1. The highest BCUT2D eigenvalue weighted by Crippen LogP contribution is 2.32. The number of nitrogens with one attached hydrogen (secondary N) is 1. The number of aryl methyl sites for hydroxylation is 1. The molecule has 1 amide bonds. The summed E-state index contributed by atoms with van der Waals surface area (Å²) in [5, 5.41) is 12.0. The van der Waals surface area contributed by atoms with Crippen molar-refractivity contribution >= 4 is 11.6 Å². The number of benzene rings is 1. The van der Waals surface area contributed by atoms with E-state index in [4.69, 9.17) is 5.26 Å². The van der Waals surface area contributed by atoms with Crippen LogP contribution in [0.2, 0.25) is 0 Å². The monoisotopic (exact) mass is 242 g/mol. The maximum Gasteiger partial charge on any atom is 0.227 e. The summed E-state index contributed by atoms with van der Waals surface area (Å²) in [6.45, 7) is 4.01. The lowest BCUT2D eigenvalue weighted by atomic mass is 9.97. The van der Waals surface area contributed by atoms with Crippen molar-refractivity contribution in [3.63, 3.8) is 0 Å². The molecule has 2 unspecified atom stereocenters. The smallest absolute Gasteiger partial charge is 0.227 e. The number of carbonyl (C=O) groups excluding carboxylic acids is 1. The summed E-state index contributed by atoms with van der Waals surface area (Å²) in [6, 6.07) is 7.70. The molecule has 94 valence electrons. The van der Waals surface area contributed by atoms with Gasteiger partial charge in [-0.15, -0.1) is 0 Å². The number of anilines is 1. The van der Waals surface area contributed by atoms with Crippen molar-refractivity contribution in [3.05, 3.63) is 29.3 Å². The second-order valence-electron chi connectivity index (χ2n) is 5.11. The number of amides is 1. The quantitative estimate of drug-likeness (QED) is 0.865. The molecule has 0 bridgehead atoms. The minimum atomic E-state index is 0.0575. The van der Waals surface area contributed by atoms with Gasteiger partial charge in [-0.2, -0.15) is 5.26 Å². The Bertz CT molecular complexity index is 502. The molecule has 0 aliphatic heterocycles. The van der Waals surface area contributed by atoms with Gasteiger partial charge in [-0.1, -0.05) is 25.5 Å². The molecule has 0 saturated heterocycles. The van der Waals surface area contributed by atoms with Crippen molar-refractivity contribution in [3.8, 4) is 6.07 Å². The topological polar surface area (TPSA) is 52.9 Å². The van der Waals surface area contributed by atoms with Crippen molar-refractivity contribution in [2.75, 3.05) is 5.32 Å². The highest BCUT2D eigenvalue weighted by Gasteiger charge is 2.29. The first kappa shape index (κ1) is 12.6. The largest absolute Gasteiger partial charge is 0.325 e. The second kappa shape index (κ2) is 5.22. The molecule has 1 saturated carbocycles. The van der Waals surface area contributed by atoms with E-state index < -0.39 is 0 Å². The van der Waals surface area contributed by atoms with Crippen LogP contribution in [0.15, 0.2) is 18.2 Å². The Hall–Kier alpha value is -1.82. The summed E-state index contributed by atoms with van der Waals surface area (Å²) in [6.07, 6.45) is 3.20. The van der Waals surface area contributed by atoms with Crippen LogP contribution in [0.3, 0.4) is 0 Å². The van der Waals surface area contributed by atoms with Gasteiger partial charge < -0.3 is 5.32 Å². The van der Waals surface area contributed by atoms with Crippen LogP contribution >= 0.6 is 0 Å². The lowest BCUT2D eigenvalue weighted by Gasteiger charge is -2.16. The Balaban J connectivity index is 2.17. The molecular weight excluding hydrogens is 224 g/mol. The highest BCUT2D eigenvalue weighted by atomic mass is 16.1. The molecule has 1 N–H and O–H groups in total. The van der Waals surface area contributed by atoms with Crippen LogP contribution in [-0.2, 0) is 4.79 Å². The Morgan fingerprint density at radius 1 is 1.44 bits per heavy atom. The number of nitriles is 1. The van der Waals surface area contributed by atoms with E-state index >= 15 is 0 Å². The molecule has 0 aromatic heterocycles. The SMILES string of the molecule is Cc1cccc(NC(=O)C2CCCC2C)c1C#N. The maximum atomic E-state index is 12.2. The standard InChI is InChI=1S/C15H18N2O/c1-10-5-3-7-12(10)15(18)17-14-8-4-6-11(2)13(14)9-16/h4,6,8,10,12H,3,5,7H2,1-2H3,(H,17,18). The lowest BCUT2D eigenvalue weighted by Crippen LogP contribution is -2.25. The summed E-state index contributed by atoms with van der Waals surface area (Å²) < 4.78 is 0. The minimum absolute atomic E-state index is 0.0575. The van der Waals surface area contributed by atoms with Gasteiger partial charge in [-0.05, 0) is 37.3 Å². The predicted octanol–water partition coefficient (Wildman–Crippen LogP) is 3.24. The van der Waals surface area contributed by atoms with Gasteiger partial charge in [0.2, 0.25) is 5.91 Å². The van der Waals surface area contributed by atoms with Crippen LogP contribution in [0.5, 0.6) is 0 Å². The van der Waals surface area contributed by atoms with Gasteiger partial charge in [-0.3, -0.25) is 4.79 Å². The van der Waals surface area contributed by atoms with Crippen LogP contribution < -0.4 is 5.32 Å². The summed E-state index contributed by atoms with van der Waals surface area (Å²) in [7, 11) is 0. The van der Waals surface area contributed by atoms with E-state index in [-0.39, 0.29) is 11.8 Å². The molecule has 0 radical (unpaired) electrons. The number of nitrogens with zero attached hydrogens (tertiary/aromatic N) is 1. The average molecular weight is 242 g/mol. The van der Waals surface area contributed by atoms with Gasteiger partial charge >= 0.3 is 0 Å². The third kappa shape index (κ3) is 2.38. The summed E-state index contributed by atoms with van der Waals surface area (Å²) in [4.78, 5) is 12.2. The second-order valence-corrected chi connectivity index (χ2v) is 5.11. The van der Waals surface area contributed by atoms with Crippen LogP contribution in [0, 0.1) is 30.1 Å². The Kier molecular flexibility index (Phi) is 3.66. The molecule has 3 nitrogen and oxygen atoms in total. The molecule has 0 heterocycles. The van der Waals surface area contributed by atoms with E-state index in [1.807, 2.05) is 19.1 Å². The Labute approximate surface area is 108 Å². The van der Waals surface area contributed by atoms with Gasteiger partial charge in [0.25, 0.3) is 0 Å². The number of rotatable bonds is 2. The van der Waals surface area contributed by atoms with Crippen LogP contribution in [0.4, 0.5) is 5.69 Å². The summed E-state index contributed by atoms with van der Waals surface area (Å²) in [5.74, 6) is 0.597. The van der Waals surface area contributed by atoms with Crippen molar-refractivity contribution in [1.82, 2.24) is 0 Å². The van der Waals surface area contributed by atoms with Gasteiger partial charge in [0.05, 0.1) is 11.3 Å². The van der Waals surface area contributed by atoms with Gasteiger partial charge in [0, 0.05) is 5.92 Å². The fourth-order valence-electron chi connectivity index (χ4n) is 2.68. The molecular formula is C15H18N2O. The fourth-order valence-corrected chi connectivity index (χ4v) is 2.68.